The summed E-state index contributed by atoms with van der Waals surface area (Å²) in [4.78, 5) is 26.2. The fourth-order valence-electron chi connectivity index (χ4n) is 2.71. The minimum Gasteiger partial charge on any atom is -0.497 e. The Kier molecular flexibility index (Phi) is 4.85. The van der Waals surface area contributed by atoms with Crippen molar-refractivity contribution in [3.63, 3.8) is 0 Å². The van der Waals surface area contributed by atoms with Gasteiger partial charge in [0.15, 0.2) is 0 Å². The normalized spacial score (nSPS) is 17.0. The molecule has 3 rings (SSSR count). The van der Waals surface area contributed by atoms with Crippen molar-refractivity contribution in [1.82, 2.24) is 5.32 Å². The molecule has 6 heteroatoms. The number of hydrogen-bond donors (Lipinski definition) is 1. The number of anilines is 1. The van der Waals surface area contributed by atoms with E-state index in [-0.39, 0.29) is 17.9 Å². The van der Waals surface area contributed by atoms with Crippen LogP contribution in [0.15, 0.2) is 53.0 Å². The molecule has 1 fully saturated rings. The highest BCUT2D eigenvalue weighted by atomic mass is 79.9. The zero-order valence-corrected chi connectivity index (χ0v) is 14.7. The molecule has 1 atom stereocenters. The Morgan fingerprint density at radius 1 is 1.25 bits per heavy atom. The molecule has 24 heavy (non-hydrogen) atoms. The summed E-state index contributed by atoms with van der Waals surface area (Å²) in [5, 5.41) is 2.93. The van der Waals surface area contributed by atoms with Gasteiger partial charge in [-0.1, -0.05) is 22.0 Å². The van der Waals surface area contributed by atoms with Gasteiger partial charge < -0.3 is 15.0 Å². The first-order chi connectivity index (χ1) is 11.6. The molecule has 0 aromatic heterocycles. The van der Waals surface area contributed by atoms with Gasteiger partial charge >= 0.3 is 0 Å². The van der Waals surface area contributed by atoms with Crippen molar-refractivity contribution < 1.29 is 14.3 Å². The monoisotopic (exact) mass is 388 g/mol. The van der Waals surface area contributed by atoms with Crippen LogP contribution in [0.3, 0.4) is 0 Å². The summed E-state index contributed by atoms with van der Waals surface area (Å²) in [6.07, 6.45) is 0.297. The molecule has 1 aliphatic rings. The Morgan fingerprint density at radius 3 is 2.67 bits per heavy atom. The van der Waals surface area contributed by atoms with Crippen LogP contribution in [0.4, 0.5) is 5.69 Å². The number of hydrogen-bond acceptors (Lipinski definition) is 3. The minimum absolute atomic E-state index is 0.000269. The third-order valence-electron chi connectivity index (χ3n) is 3.93. The van der Waals surface area contributed by atoms with Crippen LogP contribution >= 0.6 is 15.9 Å². The summed E-state index contributed by atoms with van der Waals surface area (Å²) >= 11 is 3.35. The molecule has 1 N–H and O–H groups in total. The molecule has 0 aliphatic carbocycles. The van der Waals surface area contributed by atoms with Gasteiger partial charge in [-0.05, 0) is 42.5 Å². The fourth-order valence-corrected chi connectivity index (χ4v) is 3.11. The van der Waals surface area contributed by atoms with Crippen molar-refractivity contribution in [2.75, 3.05) is 18.6 Å². The van der Waals surface area contributed by atoms with Gasteiger partial charge in [0.25, 0.3) is 5.91 Å². The van der Waals surface area contributed by atoms with Gasteiger partial charge in [0, 0.05) is 28.7 Å². The van der Waals surface area contributed by atoms with Gasteiger partial charge in [0.2, 0.25) is 5.91 Å². The molecule has 0 spiro atoms. The summed E-state index contributed by atoms with van der Waals surface area (Å²) in [6, 6.07) is 14.3. The molecule has 1 saturated heterocycles. The Bertz CT molecular complexity index is 761. The first kappa shape index (κ1) is 16.5. The van der Waals surface area contributed by atoms with Crippen molar-refractivity contribution in [1.29, 1.82) is 0 Å². The van der Waals surface area contributed by atoms with Crippen LogP contribution in [0.2, 0.25) is 0 Å². The van der Waals surface area contributed by atoms with E-state index in [1.54, 1.807) is 24.1 Å². The molecule has 124 valence electrons. The number of halogens is 1. The number of nitrogens with zero attached hydrogens (tertiary/aromatic N) is 1. The maximum atomic E-state index is 12.3. The molecule has 1 unspecified atom stereocenters. The van der Waals surface area contributed by atoms with Crippen LogP contribution < -0.4 is 15.0 Å². The number of methoxy groups -OCH3 is 1. The van der Waals surface area contributed by atoms with E-state index in [1.807, 2.05) is 36.4 Å². The average molecular weight is 389 g/mol. The van der Waals surface area contributed by atoms with Crippen molar-refractivity contribution >= 4 is 33.4 Å². The number of benzene rings is 2. The molecule has 2 amide bonds. The maximum absolute atomic E-state index is 12.3. The van der Waals surface area contributed by atoms with E-state index in [0.717, 1.165) is 15.9 Å². The van der Waals surface area contributed by atoms with Gasteiger partial charge in [0.1, 0.15) is 5.75 Å². The Balaban J connectivity index is 1.67. The second-order valence-electron chi connectivity index (χ2n) is 5.59. The lowest BCUT2D eigenvalue weighted by Crippen LogP contribution is -2.37. The molecular formula is C18H17BrN2O3. The van der Waals surface area contributed by atoms with E-state index in [1.165, 1.54) is 0 Å². The number of carbonyl (C=O) groups is 2. The highest BCUT2D eigenvalue weighted by Crippen LogP contribution is 2.24. The molecule has 0 radical (unpaired) electrons. The van der Waals surface area contributed by atoms with Crippen molar-refractivity contribution in [2.24, 2.45) is 0 Å². The molecule has 1 heterocycles. The SMILES string of the molecule is COc1ccc(N2CC(NC(=O)c3cccc(Br)c3)CC2=O)cc1. The Labute approximate surface area is 148 Å². The highest BCUT2D eigenvalue weighted by Gasteiger charge is 2.31. The summed E-state index contributed by atoms with van der Waals surface area (Å²) < 4.78 is 5.97. The molecular weight excluding hydrogens is 372 g/mol. The summed E-state index contributed by atoms with van der Waals surface area (Å²) in [6.45, 7) is 0.463. The van der Waals surface area contributed by atoms with E-state index < -0.39 is 0 Å². The number of carbonyl (C=O) groups excluding carboxylic acids is 2. The zero-order valence-electron chi connectivity index (χ0n) is 13.2. The summed E-state index contributed by atoms with van der Waals surface area (Å²) in [5.41, 5.74) is 1.37. The van der Waals surface area contributed by atoms with Crippen LogP contribution in [0.5, 0.6) is 5.75 Å². The second kappa shape index (κ2) is 7.05. The lowest BCUT2D eigenvalue weighted by molar-refractivity contribution is -0.117. The van der Waals surface area contributed by atoms with E-state index in [9.17, 15) is 9.59 Å². The van der Waals surface area contributed by atoms with E-state index in [2.05, 4.69) is 21.2 Å². The molecule has 2 aromatic rings. The van der Waals surface area contributed by atoms with Crippen LogP contribution in [-0.2, 0) is 4.79 Å². The van der Waals surface area contributed by atoms with Gasteiger partial charge in [-0.15, -0.1) is 0 Å². The molecule has 1 aliphatic heterocycles. The van der Waals surface area contributed by atoms with Crippen LogP contribution in [0.25, 0.3) is 0 Å². The molecule has 5 nitrogen and oxygen atoms in total. The quantitative estimate of drug-likeness (QED) is 0.875. The maximum Gasteiger partial charge on any atom is 0.251 e. The largest absolute Gasteiger partial charge is 0.497 e. The van der Waals surface area contributed by atoms with E-state index in [0.29, 0.717) is 18.5 Å². The molecule has 0 saturated carbocycles. The van der Waals surface area contributed by atoms with Gasteiger partial charge in [-0.3, -0.25) is 9.59 Å². The molecule has 2 aromatic carbocycles. The number of rotatable bonds is 4. The van der Waals surface area contributed by atoms with Crippen LogP contribution in [0.1, 0.15) is 16.8 Å². The van der Waals surface area contributed by atoms with Crippen molar-refractivity contribution in [3.05, 3.63) is 58.6 Å². The first-order valence-corrected chi connectivity index (χ1v) is 8.37. The zero-order chi connectivity index (χ0) is 17.1. The fraction of sp³-hybridized carbons (Fsp3) is 0.222. The van der Waals surface area contributed by atoms with E-state index >= 15 is 0 Å². The average Bonchev–Trinajstić information content (AvgIpc) is 2.95. The standard InChI is InChI=1S/C18H17BrN2O3/c1-24-16-7-5-15(6-8-16)21-11-14(10-17(21)22)20-18(23)12-3-2-4-13(19)9-12/h2-9,14H,10-11H2,1H3,(H,20,23). The third kappa shape index (κ3) is 3.59. The Morgan fingerprint density at radius 2 is 2.00 bits per heavy atom. The predicted molar refractivity (Wildman–Crippen MR) is 95.4 cm³/mol. The van der Waals surface area contributed by atoms with Crippen LogP contribution in [0, 0.1) is 0 Å². The summed E-state index contributed by atoms with van der Waals surface area (Å²) in [7, 11) is 1.60. The minimum atomic E-state index is -0.203. The van der Waals surface area contributed by atoms with Gasteiger partial charge in [0.05, 0.1) is 13.2 Å². The third-order valence-corrected chi connectivity index (χ3v) is 4.42. The van der Waals surface area contributed by atoms with Crippen molar-refractivity contribution in [2.45, 2.75) is 12.5 Å². The second-order valence-corrected chi connectivity index (χ2v) is 6.50. The summed E-state index contributed by atoms with van der Waals surface area (Å²) in [5.74, 6) is 0.565. The number of nitrogens with one attached hydrogen (secondary N) is 1. The predicted octanol–water partition coefficient (Wildman–Crippen LogP) is 2.99. The Hall–Kier alpha value is -2.34. The highest BCUT2D eigenvalue weighted by molar-refractivity contribution is 9.10. The van der Waals surface area contributed by atoms with Crippen molar-refractivity contribution in [3.8, 4) is 5.75 Å². The lowest BCUT2D eigenvalue weighted by Gasteiger charge is -2.17. The molecule has 0 bridgehead atoms. The van der Waals surface area contributed by atoms with E-state index in [4.69, 9.17) is 4.74 Å². The van der Waals surface area contributed by atoms with Crippen LogP contribution in [-0.4, -0.2) is 31.5 Å². The number of amides is 2. The van der Waals surface area contributed by atoms with Gasteiger partial charge in [-0.25, -0.2) is 0 Å². The first-order valence-electron chi connectivity index (χ1n) is 7.57. The van der Waals surface area contributed by atoms with Gasteiger partial charge in [-0.2, -0.15) is 0 Å². The lowest BCUT2D eigenvalue weighted by atomic mass is 10.2. The smallest absolute Gasteiger partial charge is 0.251 e. The number of ether oxygens (including phenoxy) is 1. The topological polar surface area (TPSA) is 58.6 Å².